The number of amides is 1. The Kier molecular flexibility index (Phi) is 5.94. The van der Waals surface area contributed by atoms with Gasteiger partial charge in [-0.25, -0.2) is 8.42 Å². The first-order valence-corrected chi connectivity index (χ1v) is 13.0. The second-order valence-corrected chi connectivity index (χ2v) is 11.0. The fraction of sp³-hybridized carbons (Fsp3) is 0.296. The van der Waals surface area contributed by atoms with Gasteiger partial charge in [-0.1, -0.05) is 60.7 Å². The minimum atomic E-state index is -3.39. The number of fused-ring (bicyclic) bond motifs is 2. The summed E-state index contributed by atoms with van der Waals surface area (Å²) < 4.78 is 32.0. The van der Waals surface area contributed by atoms with Crippen molar-refractivity contribution < 1.29 is 17.9 Å². The number of hydrogen-bond donors (Lipinski definition) is 0. The number of carbonyl (C=O) groups excluding carboxylic acids is 1. The number of rotatable bonds is 6. The predicted molar refractivity (Wildman–Crippen MR) is 128 cm³/mol. The van der Waals surface area contributed by atoms with Crippen LogP contribution in [0.3, 0.4) is 0 Å². The molecule has 3 aromatic rings. The fourth-order valence-corrected chi connectivity index (χ4v) is 7.06. The van der Waals surface area contributed by atoms with Gasteiger partial charge in [0.1, 0.15) is 5.75 Å². The molecule has 2 saturated heterocycles. The number of piperidine rings is 1. The maximum atomic E-state index is 13.1. The van der Waals surface area contributed by atoms with E-state index < -0.39 is 15.1 Å². The molecule has 0 spiro atoms. The van der Waals surface area contributed by atoms with Gasteiger partial charge < -0.3 is 9.64 Å². The Morgan fingerprint density at radius 2 is 1.33 bits per heavy atom. The minimum Gasteiger partial charge on any atom is -0.484 e. The van der Waals surface area contributed by atoms with Crippen LogP contribution in [0.2, 0.25) is 0 Å². The summed E-state index contributed by atoms with van der Waals surface area (Å²) in [5.74, 6) is 0.585. The molecule has 5 rings (SSSR count). The molecule has 2 fully saturated rings. The number of hydrogen-bond acceptors (Lipinski definition) is 4. The second kappa shape index (κ2) is 9.02. The molecule has 33 heavy (non-hydrogen) atoms. The topological polar surface area (TPSA) is 63.7 Å². The van der Waals surface area contributed by atoms with Gasteiger partial charge in [0.15, 0.2) is 16.4 Å². The average Bonchev–Trinajstić information content (AvgIpc) is 3.13. The smallest absolute Gasteiger partial charge is 0.261 e. The van der Waals surface area contributed by atoms with E-state index in [1.807, 2.05) is 53.4 Å². The Morgan fingerprint density at radius 1 is 0.788 bits per heavy atom. The molecule has 2 unspecified atom stereocenters. The van der Waals surface area contributed by atoms with Crippen LogP contribution < -0.4 is 4.74 Å². The molecule has 5 nitrogen and oxygen atoms in total. The van der Waals surface area contributed by atoms with Crippen molar-refractivity contribution in [3.05, 3.63) is 84.9 Å². The highest BCUT2D eigenvalue weighted by molar-refractivity contribution is 7.92. The Balaban J connectivity index is 1.21. The number of sulfone groups is 1. The molecule has 0 aromatic heterocycles. The maximum Gasteiger partial charge on any atom is 0.261 e. The molecule has 2 heterocycles. The van der Waals surface area contributed by atoms with E-state index in [4.69, 9.17) is 4.74 Å². The molecule has 2 aliphatic heterocycles. The summed E-state index contributed by atoms with van der Waals surface area (Å²) >= 11 is 0. The largest absolute Gasteiger partial charge is 0.484 e. The number of nitrogens with zero attached hydrogens (tertiary/aromatic N) is 1. The van der Waals surface area contributed by atoms with E-state index in [1.54, 1.807) is 24.3 Å². The lowest BCUT2D eigenvalue weighted by Gasteiger charge is -2.38. The first-order chi connectivity index (χ1) is 16.0. The van der Waals surface area contributed by atoms with Crippen molar-refractivity contribution in [3.63, 3.8) is 0 Å². The molecule has 0 radical (unpaired) electrons. The molecule has 0 aliphatic carbocycles. The zero-order valence-electron chi connectivity index (χ0n) is 18.3. The number of benzene rings is 3. The van der Waals surface area contributed by atoms with Gasteiger partial charge in [0.25, 0.3) is 5.91 Å². The van der Waals surface area contributed by atoms with Crippen LogP contribution in [0.25, 0.3) is 11.1 Å². The molecule has 6 heteroatoms. The second-order valence-electron chi connectivity index (χ2n) is 8.82. The van der Waals surface area contributed by atoms with Gasteiger partial charge in [0, 0.05) is 12.1 Å². The lowest BCUT2D eigenvalue weighted by atomic mass is 10.0. The summed E-state index contributed by atoms with van der Waals surface area (Å²) in [6, 6.07) is 26.4. The van der Waals surface area contributed by atoms with E-state index in [2.05, 4.69) is 12.1 Å². The van der Waals surface area contributed by atoms with Crippen molar-refractivity contribution >= 4 is 15.7 Å². The maximum absolute atomic E-state index is 13.1. The van der Waals surface area contributed by atoms with Crippen molar-refractivity contribution in [1.82, 2.24) is 4.90 Å². The zero-order chi connectivity index (χ0) is 22.8. The predicted octanol–water partition coefficient (Wildman–Crippen LogP) is 4.73. The van der Waals surface area contributed by atoms with Crippen LogP contribution in [0, 0.1) is 0 Å². The lowest BCUT2D eigenvalue weighted by Crippen LogP contribution is -2.51. The quantitative estimate of drug-likeness (QED) is 0.533. The van der Waals surface area contributed by atoms with E-state index in [-0.39, 0.29) is 24.6 Å². The normalized spacial score (nSPS) is 22.2. The Hall–Kier alpha value is -3.12. The third-order valence-electron chi connectivity index (χ3n) is 6.81. The summed E-state index contributed by atoms with van der Waals surface area (Å²) in [4.78, 5) is 15.3. The molecule has 0 N–H and O–H groups in total. The van der Waals surface area contributed by atoms with Crippen molar-refractivity contribution in [2.45, 2.75) is 47.9 Å². The van der Waals surface area contributed by atoms with E-state index in [0.717, 1.165) is 24.0 Å². The van der Waals surface area contributed by atoms with Crippen LogP contribution in [0.1, 0.15) is 25.7 Å². The highest BCUT2D eigenvalue weighted by atomic mass is 32.2. The molecule has 3 aromatic carbocycles. The van der Waals surface area contributed by atoms with E-state index >= 15 is 0 Å². The van der Waals surface area contributed by atoms with Crippen molar-refractivity contribution in [1.29, 1.82) is 0 Å². The van der Waals surface area contributed by atoms with Crippen LogP contribution in [-0.2, 0) is 14.6 Å². The molecular formula is C27H27NO4S. The Labute approximate surface area is 194 Å². The summed E-state index contributed by atoms with van der Waals surface area (Å²) in [6.07, 6.45) is 2.68. The highest BCUT2D eigenvalue weighted by Crippen LogP contribution is 2.40. The molecule has 170 valence electrons. The third kappa shape index (κ3) is 4.40. The summed E-state index contributed by atoms with van der Waals surface area (Å²) in [7, 11) is -3.39. The molecule has 2 atom stereocenters. The first kappa shape index (κ1) is 21.7. The van der Waals surface area contributed by atoms with Crippen LogP contribution in [0.15, 0.2) is 89.8 Å². The van der Waals surface area contributed by atoms with Gasteiger partial charge in [-0.15, -0.1) is 0 Å². The van der Waals surface area contributed by atoms with Gasteiger partial charge in [-0.05, 0) is 61.1 Å². The van der Waals surface area contributed by atoms with Crippen LogP contribution in [0.5, 0.6) is 5.75 Å². The molecule has 2 bridgehead atoms. The van der Waals surface area contributed by atoms with Gasteiger partial charge in [-0.3, -0.25) is 4.79 Å². The van der Waals surface area contributed by atoms with Gasteiger partial charge >= 0.3 is 0 Å². The summed E-state index contributed by atoms with van der Waals surface area (Å²) in [6.45, 7) is -0.0339. The lowest BCUT2D eigenvalue weighted by molar-refractivity contribution is -0.137. The van der Waals surface area contributed by atoms with Gasteiger partial charge in [-0.2, -0.15) is 0 Å². The zero-order valence-corrected chi connectivity index (χ0v) is 19.2. The van der Waals surface area contributed by atoms with E-state index in [9.17, 15) is 13.2 Å². The van der Waals surface area contributed by atoms with E-state index in [0.29, 0.717) is 23.5 Å². The van der Waals surface area contributed by atoms with Gasteiger partial charge in [0.2, 0.25) is 0 Å². The Bertz CT molecular complexity index is 1200. The fourth-order valence-electron chi connectivity index (χ4n) is 5.18. The third-order valence-corrected chi connectivity index (χ3v) is 9.00. The number of ether oxygens (including phenoxy) is 1. The van der Waals surface area contributed by atoms with Crippen molar-refractivity contribution in [2.75, 3.05) is 6.61 Å². The van der Waals surface area contributed by atoms with Crippen molar-refractivity contribution in [2.24, 2.45) is 0 Å². The Morgan fingerprint density at radius 3 is 1.94 bits per heavy atom. The van der Waals surface area contributed by atoms with E-state index in [1.165, 1.54) is 0 Å². The summed E-state index contributed by atoms with van der Waals surface area (Å²) in [5.41, 5.74) is 2.22. The number of carbonyl (C=O) groups is 1. The molecule has 2 aliphatic rings. The monoisotopic (exact) mass is 461 g/mol. The van der Waals surface area contributed by atoms with Gasteiger partial charge in [0.05, 0.1) is 10.1 Å². The van der Waals surface area contributed by atoms with Crippen LogP contribution in [0.4, 0.5) is 0 Å². The standard InChI is InChI=1S/C27H27NO4S/c29-27(19-32-24-15-11-21(12-16-24)20-7-3-1-4-8-20)28-22-13-14-23(28)18-26(17-22)33(30,31)25-9-5-2-6-10-25/h1-12,15-16,22-23,26H,13-14,17-19H2. The van der Waals surface area contributed by atoms with Crippen molar-refractivity contribution in [3.8, 4) is 16.9 Å². The first-order valence-electron chi connectivity index (χ1n) is 11.4. The summed E-state index contributed by atoms with van der Waals surface area (Å²) in [5, 5.41) is -0.437. The molecule has 0 saturated carbocycles. The molecular weight excluding hydrogens is 434 g/mol. The van der Waals surface area contributed by atoms with Crippen LogP contribution >= 0.6 is 0 Å². The SMILES string of the molecule is O=C(COc1ccc(-c2ccccc2)cc1)N1C2CCC1CC(S(=O)(=O)c1ccccc1)C2. The minimum absolute atomic E-state index is 0.0339. The molecule has 1 amide bonds. The van der Waals surface area contributed by atoms with Crippen LogP contribution in [-0.4, -0.2) is 43.2 Å². The average molecular weight is 462 g/mol. The highest BCUT2D eigenvalue weighted by Gasteiger charge is 2.47.